The van der Waals surface area contributed by atoms with Crippen molar-refractivity contribution < 1.29 is 9.53 Å². The van der Waals surface area contributed by atoms with Crippen LogP contribution in [0.4, 0.5) is 0 Å². The lowest BCUT2D eigenvalue weighted by molar-refractivity contribution is 0.0600. The van der Waals surface area contributed by atoms with Crippen molar-refractivity contribution in [1.82, 2.24) is 13.7 Å². The third-order valence-electron chi connectivity index (χ3n) is 3.14. The zero-order valence-electron chi connectivity index (χ0n) is 12.0. The molecule has 0 aliphatic rings. The van der Waals surface area contributed by atoms with E-state index in [4.69, 9.17) is 23.8 Å². The topological polar surface area (TPSA) is 75.2 Å². The molecular weight excluding hydrogens is 330 g/mol. The van der Waals surface area contributed by atoms with Gasteiger partial charge >= 0.3 is 17.3 Å². The average molecular weight is 342 g/mol. The Morgan fingerprint density at radius 3 is 2.23 bits per heavy atom. The zero-order valence-corrected chi connectivity index (χ0v) is 13.6. The fourth-order valence-corrected chi connectivity index (χ4v) is 2.26. The van der Waals surface area contributed by atoms with Crippen molar-refractivity contribution in [3.8, 4) is 5.69 Å². The molecule has 1 aromatic carbocycles. The second-order valence-electron chi connectivity index (χ2n) is 4.46. The van der Waals surface area contributed by atoms with Crippen LogP contribution in [0.3, 0.4) is 0 Å². The molecule has 0 atom stereocenters. The first kappa shape index (κ1) is 16.2. The molecule has 0 saturated heterocycles. The van der Waals surface area contributed by atoms with Gasteiger partial charge in [0.15, 0.2) is 4.77 Å². The largest absolute Gasteiger partial charge is 0.465 e. The standard InChI is InChI=1S/C13H12ClN3O4S/c1-15-11(19)17(12(20)16(2)13(15)22)9-6-7(10(18)21-3)4-5-8(9)14/h4-6H,1-3H3. The van der Waals surface area contributed by atoms with E-state index in [9.17, 15) is 14.4 Å². The number of carbonyl (C=O) groups is 1. The fraction of sp³-hybridized carbons (Fsp3) is 0.231. The number of methoxy groups -OCH3 is 1. The van der Waals surface area contributed by atoms with Crippen molar-refractivity contribution in [1.29, 1.82) is 0 Å². The summed E-state index contributed by atoms with van der Waals surface area (Å²) < 4.78 is 7.82. The van der Waals surface area contributed by atoms with Crippen LogP contribution in [0.5, 0.6) is 0 Å². The SMILES string of the molecule is COC(=O)c1ccc(Cl)c(-n2c(=O)n(C)c(=S)n(C)c2=O)c1. The number of ether oxygens (including phenoxy) is 1. The van der Waals surface area contributed by atoms with E-state index in [0.717, 1.165) is 13.7 Å². The molecule has 1 aromatic heterocycles. The van der Waals surface area contributed by atoms with Gasteiger partial charge in [0.1, 0.15) is 0 Å². The molecule has 0 fully saturated rings. The van der Waals surface area contributed by atoms with Crippen molar-refractivity contribution >= 4 is 29.8 Å². The Kier molecular flexibility index (Phi) is 4.34. The highest BCUT2D eigenvalue weighted by molar-refractivity contribution is 7.71. The van der Waals surface area contributed by atoms with Gasteiger partial charge < -0.3 is 4.74 Å². The highest BCUT2D eigenvalue weighted by Crippen LogP contribution is 2.20. The summed E-state index contributed by atoms with van der Waals surface area (Å²) >= 11 is 11.1. The van der Waals surface area contributed by atoms with Gasteiger partial charge in [-0.1, -0.05) is 11.6 Å². The van der Waals surface area contributed by atoms with E-state index in [1.54, 1.807) is 0 Å². The van der Waals surface area contributed by atoms with E-state index >= 15 is 0 Å². The summed E-state index contributed by atoms with van der Waals surface area (Å²) in [7, 11) is 4.12. The Balaban J connectivity index is 2.89. The molecule has 0 aliphatic heterocycles. The van der Waals surface area contributed by atoms with E-state index in [1.807, 2.05) is 0 Å². The van der Waals surface area contributed by atoms with Crippen LogP contribution in [-0.4, -0.2) is 26.8 Å². The van der Waals surface area contributed by atoms with Gasteiger partial charge in [0.25, 0.3) is 0 Å². The number of esters is 1. The van der Waals surface area contributed by atoms with E-state index in [-0.39, 0.29) is 21.0 Å². The smallest absolute Gasteiger partial charge is 0.338 e. The predicted octanol–water partition coefficient (Wildman–Crippen LogP) is 1.04. The first-order valence-corrected chi connectivity index (χ1v) is 6.85. The first-order chi connectivity index (χ1) is 10.3. The summed E-state index contributed by atoms with van der Waals surface area (Å²) in [6, 6.07) is 4.17. The summed E-state index contributed by atoms with van der Waals surface area (Å²) in [5.41, 5.74) is -1.06. The third-order valence-corrected chi connectivity index (χ3v) is 4.01. The van der Waals surface area contributed by atoms with Gasteiger partial charge in [0.05, 0.1) is 23.4 Å². The number of carbonyl (C=O) groups excluding carboxylic acids is 1. The summed E-state index contributed by atoms with van der Waals surface area (Å²) in [6.45, 7) is 0. The quantitative estimate of drug-likeness (QED) is 0.603. The Morgan fingerprint density at radius 1 is 1.18 bits per heavy atom. The minimum absolute atomic E-state index is 0.0755. The number of halogens is 1. The van der Waals surface area contributed by atoms with Crippen molar-refractivity contribution in [3.63, 3.8) is 0 Å². The molecule has 2 rings (SSSR count). The summed E-state index contributed by atoms with van der Waals surface area (Å²) in [5.74, 6) is -0.605. The lowest BCUT2D eigenvalue weighted by Gasteiger charge is -2.12. The van der Waals surface area contributed by atoms with E-state index < -0.39 is 17.3 Å². The van der Waals surface area contributed by atoms with Crippen molar-refractivity contribution in [2.45, 2.75) is 0 Å². The number of benzene rings is 1. The molecular formula is C13H12ClN3O4S. The highest BCUT2D eigenvalue weighted by atomic mass is 35.5. The molecule has 0 saturated carbocycles. The monoisotopic (exact) mass is 341 g/mol. The molecule has 0 N–H and O–H groups in total. The van der Waals surface area contributed by atoms with Gasteiger partial charge in [0, 0.05) is 14.1 Å². The van der Waals surface area contributed by atoms with Crippen LogP contribution in [0.15, 0.2) is 27.8 Å². The van der Waals surface area contributed by atoms with Crippen molar-refractivity contribution in [2.24, 2.45) is 14.1 Å². The minimum atomic E-state index is -0.656. The Morgan fingerprint density at radius 2 is 1.73 bits per heavy atom. The number of rotatable bonds is 2. The Hall–Kier alpha value is -2.19. The number of hydrogen-bond donors (Lipinski definition) is 0. The average Bonchev–Trinajstić information content (AvgIpc) is 2.52. The van der Waals surface area contributed by atoms with Gasteiger partial charge in [0.2, 0.25) is 0 Å². The highest BCUT2D eigenvalue weighted by Gasteiger charge is 2.16. The molecule has 9 heteroatoms. The second-order valence-corrected chi connectivity index (χ2v) is 5.23. The molecule has 0 bridgehead atoms. The van der Waals surface area contributed by atoms with E-state index in [0.29, 0.717) is 0 Å². The molecule has 0 spiro atoms. The minimum Gasteiger partial charge on any atom is -0.465 e. The maximum absolute atomic E-state index is 12.3. The van der Waals surface area contributed by atoms with Crippen LogP contribution in [0.1, 0.15) is 10.4 Å². The summed E-state index contributed by atoms with van der Waals surface area (Å²) in [6.07, 6.45) is 0. The molecule has 0 radical (unpaired) electrons. The zero-order chi connectivity index (χ0) is 16.6. The van der Waals surface area contributed by atoms with Crippen LogP contribution >= 0.6 is 23.8 Å². The number of aromatic nitrogens is 3. The second kappa shape index (κ2) is 5.90. The van der Waals surface area contributed by atoms with Crippen molar-refractivity contribution in [2.75, 3.05) is 7.11 Å². The van der Waals surface area contributed by atoms with Gasteiger partial charge in [-0.25, -0.2) is 19.0 Å². The number of hydrogen-bond acceptors (Lipinski definition) is 5. The fourth-order valence-electron chi connectivity index (χ4n) is 1.91. The molecule has 7 nitrogen and oxygen atoms in total. The van der Waals surface area contributed by atoms with Crippen LogP contribution < -0.4 is 11.4 Å². The normalized spacial score (nSPS) is 10.5. The molecule has 22 heavy (non-hydrogen) atoms. The lowest BCUT2D eigenvalue weighted by atomic mass is 10.2. The van der Waals surface area contributed by atoms with Crippen LogP contribution in [0.25, 0.3) is 5.69 Å². The van der Waals surface area contributed by atoms with Gasteiger partial charge in [-0.2, -0.15) is 0 Å². The lowest BCUT2D eigenvalue weighted by Crippen LogP contribution is -2.43. The molecule has 116 valence electrons. The molecule has 0 unspecified atom stereocenters. The van der Waals surface area contributed by atoms with E-state index in [2.05, 4.69) is 4.74 Å². The molecule has 0 aliphatic carbocycles. The number of nitrogens with zero attached hydrogens (tertiary/aromatic N) is 3. The predicted molar refractivity (Wildman–Crippen MR) is 83.4 cm³/mol. The maximum atomic E-state index is 12.3. The van der Waals surface area contributed by atoms with Gasteiger partial charge in [-0.3, -0.25) is 9.13 Å². The first-order valence-electron chi connectivity index (χ1n) is 6.07. The maximum Gasteiger partial charge on any atom is 0.338 e. The Bertz CT molecular complexity index is 902. The summed E-state index contributed by atoms with van der Waals surface area (Å²) in [5, 5.41) is 0.143. The third kappa shape index (κ3) is 2.51. The van der Waals surface area contributed by atoms with Gasteiger partial charge in [-0.15, -0.1) is 0 Å². The van der Waals surface area contributed by atoms with E-state index in [1.165, 1.54) is 39.4 Å². The molecule has 0 amide bonds. The van der Waals surface area contributed by atoms with Gasteiger partial charge in [-0.05, 0) is 30.4 Å². The molecule has 1 heterocycles. The van der Waals surface area contributed by atoms with Crippen molar-refractivity contribution in [3.05, 3.63) is 54.5 Å². The Labute approximate surface area is 134 Å². The van der Waals surface area contributed by atoms with Crippen LogP contribution in [0.2, 0.25) is 5.02 Å². The van der Waals surface area contributed by atoms with Crippen LogP contribution in [0, 0.1) is 4.77 Å². The summed E-state index contributed by atoms with van der Waals surface area (Å²) in [4.78, 5) is 36.3. The van der Waals surface area contributed by atoms with Crippen LogP contribution in [-0.2, 0) is 18.8 Å². The molecule has 2 aromatic rings.